The Morgan fingerprint density at radius 3 is 2.80 bits per heavy atom. The van der Waals surface area contributed by atoms with Gasteiger partial charge in [-0.2, -0.15) is 0 Å². The van der Waals surface area contributed by atoms with E-state index in [2.05, 4.69) is 9.98 Å². The van der Waals surface area contributed by atoms with Crippen LogP contribution in [0.4, 0.5) is 4.79 Å². The Morgan fingerprint density at radius 2 is 2.16 bits per heavy atom. The molecule has 0 fully saturated rings. The number of carbonyl (C=O) groups excluding carboxylic acids is 1. The van der Waals surface area contributed by atoms with Gasteiger partial charge in [-0.1, -0.05) is 17.7 Å². The number of pyridine rings is 1. The predicted molar refractivity (Wildman–Crippen MR) is 93.5 cm³/mol. The van der Waals surface area contributed by atoms with Crippen LogP contribution in [0, 0.1) is 0 Å². The van der Waals surface area contributed by atoms with Crippen LogP contribution < -0.4 is 0 Å². The molecule has 0 aromatic carbocycles. The summed E-state index contributed by atoms with van der Waals surface area (Å²) in [5, 5.41) is 10.6. The maximum atomic E-state index is 12.4. The molecule has 2 aliphatic rings. The number of carbonyl (C=O) groups is 1. The van der Waals surface area contributed by atoms with Crippen molar-refractivity contribution in [3.63, 3.8) is 0 Å². The quantitative estimate of drug-likeness (QED) is 0.818. The van der Waals surface area contributed by atoms with Crippen LogP contribution in [-0.2, 0) is 11.3 Å². The standard InChI is InChI=1S/C17H19ClN4O3/c1-17(2,3)25-16(24)22-12-5-4-8-21(14(12)20-15(22)23)10-11-6-7-13(18)19-9-11/h4-9,15,23H,10H2,1-3H3. The molecule has 1 unspecified atom stereocenters. The normalized spacial score (nSPS) is 19.5. The van der Waals surface area contributed by atoms with Crippen molar-refractivity contribution < 1.29 is 14.6 Å². The van der Waals surface area contributed by atoms with Crippen molar-refractivity contribution in [2.45, 2.75) is 39.3 Å². The summed E-state index contributed by atoms with van der Waals surface area (Å²) in [4.78, 5) is 23.6. The van der Waals surface area contributed by atoms with Gasteiger partial charge in [0.15, 0.2) is 5.84 Å². The van der Waals surface area contributed by atoms with Crippen molar-refractivity contribution >= 4 is 23.5 Å². The van der Waals surface area contributed by atoms with E-state index in [-0.39, 0.29) is 0 Å². The summed E-state index contributed by atoms with van der Waals surface area (Å²) >= 11 is 5.81. The average Bonchev–Trinajstić information content (AvgIpc) is 2.85. The van der Waals surface area contributed by atoms with Gasteiger partial charge in [-0.15, -0.1) is 0 Å². The molecule has 0 aliphatic carbocycles. The Kier molecular flexibility index (Phi) is 4.53. The zero-order valence-electron chi connectivity index (χ0n) is 14.2. The van der Waals surface area contributed by atoms with E-state index >= 15 is 0 Å². The number of aliphatic hydroxyl groups excluding tert-OH is 1. The van der Waals surface area contributed by atoms with Gasteiger partial charge in [-0.05, 0) is 44.6 Å². The first-order chi connectivity index (χ1) is 11.7. The SMILES string of the molecule is CC(C)(C)OC(=O)N1C2=CC=CN(Cc3ccc(Cl)nc3)C2=NC1O. The maximum absolute atomic E-state index is 12.4. The number of amidine groups is 1. The molecule has 7 nitrogen and oxygen atoms in total. The van der Waals surface area contributed by atoms with Gasteiger partial charge in [-0.3, -0.25) is 0 Å². The molecule has 1 amide bonds. The van der Waals surface area contributed by atoms with Crippen LogP contribution in [0.2, 0.25) is 5.15 Å². The van der Waals surface area contributed by atoms with E-state index < -0.39 is 18.0 Å². The summed E-state index contributed by atoms with van der Waals surface area (Å²) in [6.45, 7) is 5.78. The number of aliphatic imine (C=N–C) groups is 1. The van der Waals surface area contributed by atoms with Crippen molar-refractivity contribution in [2.24, 2.45) is 4.99 Å². The van der Waals surface area contributed by atoms with E-state index in [9.17, 15) is 9.90 Å². The predicted octanol–water partition coefficient (Wildman–Crippen LogP) is 2.87. The molecule has 0 saturated heterocycles. The number of fused-ring (bicyclic) bond motifs is 1. The number of halogens is 1. The van der Waals surface area contributed by atoms with Crippen molar-refractivity contribution in [3.05, 3.63) is 53.1 Å². The Balaban J connectivity index is 1.79. The van der Waals surface area contributed by atoms with Crippen molar-refractivity contribution in [2.75, 3.05) is 0 Å². The molecule has 3 heterocycles. The van der Waals surface area contributed by atoms with E-state index in [1.54, 1.807) is 45.2 Å². The number of ether oxygens (including phenoxy) is 1. The molecule has 2 aliphatic heterocycles. The monoisotopic (exact) mass is 362 g/mol. The smallest absolute Gasteiger partial charge is 0.418 e. The summed E-state index contributed by atoms with van der Waals surface area (Å²) < 4.78 is 5.35. The van der Waals surface area contributed by atoms with Crippen LogP contribution in [0.5, 0.6) is 0 Å². The third-order valence-corrected chi connectivity index (χ3v) is 3.70. The van der Waals surface area contributed by atoms with Crippen LogP contribution in [0.3, 0.4) is 0 Å². The second kappa shape index (κ2) is 6.50. The molecular weight excluding hydrogens is 344 g/mol. The molecule has 25 heavy (non-hydrogen) atoms. The number of hydrogen-bond donors (Lipinski definition) is 1. The number of nitrogens with zero attached hydrogens (tertiary/aromatic N) is 4. The highest BCUT2D eigenvalue weighted by molar-refractivity contribution is 6.29. The number of amides is 1. The lowest BCUT2D eigenvalue weighted by Crippen LogP contribution is -2.41. The second-order valence-electron chi connectivity index (χ2n) is 6.66. The van der Waals surface area contributed by atoms with Crippen molar-refractivity contribution in [1.82, 2.24) is 14.8 Å². The topological polar surface area (TPSA) is 78.3 Å². The van der Waals surface area contributed by atoms with Gasteiger partial charge >= 0.3 is 6.09 Å². The molecular formula is C17H19ClN4O3. The van der Waals surface area contributed by atoms with Gasteiger partial charge in [0.1, 0.15) is 10.8 Å². The highest BCUT2D eigenvalue weighted by Gasteiger charge is 2.39. The minimum Gasteiger partial charge on any atom is -0.443 e. The zero-order chi connectivity index (χ0) is 18.2. The van der Waals surface area contributed by atoms with Gasteiger partial charge in [0.25, 0.3) is 0 Å². The summed E-state index contributed by atoms with van der Waals surface area (Å²) in [5.41, 5.74) is 0.744. The summed E-state index contributed by atoms with van der Waals surface area (Å²) in [6, 6.07) is 3.57. The van der Waals surface area contributed by atoms with E-state index in [1.807, 2.05) is 17.2 Å². The Hall–Kier alpha value is -2.38. The van der Waals surface area contributed by atoms with Gasteiger partial charge < -0.3 is 14.7 Å². The van der Waals surface area contributed by atoms with Crippen LogP contribution in [0.25, 0.3) is 0 Å². The van der Waals surface area contributed by atoms with E-state index in [0.717, 1.165) is 10.5 Å². The fraction of sp³-hybridized carbons (Fsp3) is 0.353. The van der Waals surface area contributed by atoms with E-state index in [0.29, 0.717) is 23.2 Å². The van der Waals surface area contributed by atoms with Gasteiger partial charge in [0.2, 0.25) is 6.35 Å². The Morgan fingerprint density at radius 1 is 1.40 bits per heavy atom. The van der Waals surface area contributed by atoms with Crippen LogP contribution in [0.15, 0.2) is 47.4 Å². The number of rotatable bonds is 2. The molecule has 1 atom stereocenters. The molecule has 0 spiro atoms. The third kappa shape index (κ3) is 3.83. The molecule has 0 bridgehead atoms. The summed E-state index contributed by atoms with van der Waals surface area (Å²) in [7, 11) is 0. The van der Waals surface area contributed by atoms with Gasteiger partial charge in [0, 0.05) is 12.4 Å². The number of hydrogen-bond acceptors (Lipinski definition) is 6. The molecule has 132 valence electrons. The largest absolute Gasteiger partial charge is 0.443 e. The lowest BCUT2D eigenvalue weighted by molar-refractivity contribution is -0.00590. The molecule has 0 radical (unpaired) electrons. The third-order valence-electron chi connectivity index (χ3n) is 3.48. The summed E-state index contributed by atoms with van der Waals surface area (Å²) in [5.74, 6) is 0.496. The number of aliphatic hydroxyl groups is 1. The first-order valence-electron chi connectivity index (χ1n) is 7.78. The fourth-order valence-corrected chi connectivity index (χ4v) is 2.59. The zero-order valence-corrected chi connectivity index (χ0v) is 14.9. The van der Waals surface area contributed by atoms with Crippen molar-refractivity contribution in [3.8, 4) is 0 Å². The van der Waals surface area contributed by atoms with E-state index in [4.69, 9.17) is 16.3 Å². The molecule has 1 aromatic rings. The van der Waals surface area contributed by atoms with Crippen LogP contribution >= 0.6 is 11.6 Å². The molecule has 8 heteroatoms. The maximum Gasteiger partial charge on any atom is 0.418 e. The number of aromatic nitrogens is 1. The Bertz CT molecular complexity index is 765. The van der Waals surface area contributed by atoms with Crippen molar-refractivity contribution in [1.29, 1.82) is 0 Å². The highest BCUT2D eigenvalue weighted by atomic mass is 35.5. The van der Waals surface area contributed by atoms with Crippen LogP contribution in [-0.4, -0.2) is 43.8 Å². The number of allylic oxidation sites excluding steroid dienone is 2. The first kappa shape index (κ1) is 17.4. The minimum absolute atomic E-state index is 0.420. The lowest BCUT2D eigenvalue weighted by Gasteiger charge is -2.29. The Labute approximate surface area is 150 Å². The second-order valence-corrected chi connectivity index (χ2v) is 7.05. The molecule has 0 saturated carbocycles. The van der Waals surface area contributed by atoms with Crippen LogP contribution in [0.1, 0.15) is 26.3 Å². The summed E-state index contributed by atoms with van der Waals surface area (Å²) in [6.07, 6.45) is 5.03. The van der Waals surface area contributed by atoms with E-state index in [1.165, 1.54) is 0 Å². The highest BCUT2D eigenvalue weighted by Crippen LogP contribution is 2.28. The molecule has 3 rings (SSSR count). The lowest BCUT2D eigenvalue weighted by atomic mass is 10.2. The van der Waals surface area contributed by atoms with Gasteiger partial charge in [-0.25, -0.2) is 19.7 Å². The first-order valence-corrected chi connectivity index (χ1v) is 8.16. The molecule has 1 N–H and O–H groups in total. The van der Waals surface area contributed by atoms with Gasteiger partial charge in [0.05, 0.1) is 12.2 Å². The molecule has 1 aromatic heterocycles. The average molecular weight is 363 g/mol. The minimum atomic E-state index is -1.32. The fourth-order valence-electron chi connectivity index (χ4n) is 2.48.